The van der Waals surface area contributed by atoms with Gasteiger partial charge in [-0.05, 0) is 89.3 Å². The number of hydrogen-bond donors (Lipinski definition) is 0. The zero-order valence-electron chi connectivity index (χ0n) is 20.1. The third-order valence-electron chi connectivity index (χ3n) is 7.50. The zero-order valence-corrected chi connectivity index (χ0v) is 20.1. The summed E-state index contributed by atoms with van der Waals surface area (Å²) in [5.41, 5.74) is 4.47. The molecule has 32 heavy (non-hydrogen) atoms. The molecule has 1 aromatic heterocycles. The molecule has 172 valence electrons. The highest BCUT2D eigenvalue weighted by molar-refractivity contribution is 6.03. The fourth-order valence-electron chi connectivity index (χ4n) is 5.63. The Balaban J connectivity index is 1.66. The van der Waals surface area contributed by atoms with E-state index in [9.17, 15) is 0 Å². The van der Waals surface area contributed by atoms with E-state index in [-0.39, 0.29) is 12.1 Å². The number of aliphatic imine (C=N–C) groups is 1. The van der Waals surface area contributed by atoms with E-state index in [1.165, 1.54) is 43.7 Å². The minimum absolute atomic E-state index is 0.255. The lowest BCUT2D eigenvalue weighted by molar-refractivity contribution is 0.140. The largest absolute Gasteiger partial charge is 0.326 e. The zero-order chi connectivity index (χ0) is 22.7. The van der Waals surface area contributed by atoms with Crippen molar-refractivity contribution in [2.75, 3.05) is 26.7 Å². The number of para-hydroxylation sites is 2. The first-order chi connectivity index (χ1) is 15.5. The molecule has 0 bridgehead atoms. The molecule has 2 aromatic rings. The van der Waals surface area contributed by atoms with Crippen LogP contribution in [0.2, 0.25) is 0 Å². The first kappa shape index (κ1) is 22.9. The maximum absolute atomic E-state index is 5.20. The molecule has 1 aromatic carbocycles. The van der Waals surface area contributed by atoms with E-state index < -0.39 is 0 Å². The number of likely N-dealkylation sites (tertiary alicyclic amines) is 2. The van der Waals surface area contributed by atoms with Crippen LogP contribution in [0.4, 0.5) is 0 Å². The molecule has 5 nitrogen and oxygen atoms in total. The molecular weight excluding hydrogens is 394 g/mol. The van der Waals surface area contributed by atoms with Gasteiger partial charge in [-0.3, -0.25) is 9.89 Å². The number of nitrogens with zero attached hydrogens (tertiary/aromatic N) is 5. The molecule has 3 heterocycles. The quantitative estimate of drug-likeness (QED) is 0.545. The van der Waals surface area contributed by atoms with E-state index in [1.807, 2.05) is 0 Å². The summed E-state index contributed by atoms with van der Waals surface area (Å²) in [7, 11) is 2.24. The van der Waals surface area contributed by atoms with E-state index in [1.54, 1.807) is 6.20 Å². The lowest BCUT2D eigenvalue weighted by atomic mass is 9.90. The van der Waals surface area contributed by atoms with Crippen molar-refractivity contribution in [1.29, 1.82) is 0 Å². The second-order valence-corrected chi connectivity index (χ2v) is 9.55. The predicted molar refractivity (Wildman–Crippen MR) is 135 cm³/mol. The summed E-state index contributed by atoms with van der Waals surface area (Å²) in [6.07, 6.45) is 7.59. The number of fused-ring (bicyclic) bond motifs is 1. The Kier molecular flexibility index (Phi) is 7.27. The lowest BCUT2D eigenvalue weighted by Crippen LogP contribution is -2.45. The van der Waals surface area contributed by atoms with Gasteiger partial charge in [-0.25, -0.2) is 4.98 Å². The second-order valence-electron chi connectivity index (χ2n) is 9.55. The summed E-state index contributed by atoms with van der Waals surface area (Å²) >= 11 is 0. The first-order valence-corrected chi connectivity index (χ1v) is 12.3. The Bertz CT molecular complexity index is 979. The van der Waals surface area contributed by atoms with Crippen molar-refractivity contribution in [1.82, 2.24) is 19.4 Å². The average molecular weight is 434 g/mol. The molecule has 0 N–H and O–H groups in total. The summed E-state index contributed by atoms with van der Waals surface area (Å²) in [5.74, 6) is 1.93. The fourth-order valence-corrected chi connectivity index (χ4v) is 5.63. The van der Waals surface area contributed by atoms with Crippen LogP contribution in [0.15, 0.2) is 54.2 Å². The minimum Gasteiger partial charge on any atom is -0.326 e. The second kappa shape index (κ2) is 10.1. The molecule has 2 saturated heterocycles. The van der Waals surface area contributed by atoms with Gasteiger partial charge >= 0.3 is 0 Å². The molecular formula is C27H39N5. The van der Waals surface area contributed by atoms with Crippen LogP contribution in [-0.4, -0.2) is 57.8 Å². The van der Waals surface area contributed by atoms with Gasteiger partial charge < -0.3 is 9.47 Å². The molecule has 0 radical (unpaired) electrons. The molecule has 2 atom stereocenters. The van der Waals surface area contributed by atoms with Crippen LogP contribution in [0, 0.1) is 5.92 Å². The van der Waals surface area contributed by atoms with Crippen LogP contribution in [0.5, 0.6) is 0 Å². The fraction of sp³-hybridized carbons (Fsp3) is 0.556. The Hall–Kier alpha value is -2.24. The highest BCUT2D eigenvalue weighted by Gasteiger charge is 2.35. The number of benzene rings is 1. The number of aromatic nitrogens is 2. The van der Waals surface area contributed by atoms with Crippen molar-refractivity contribution in [3.8, 4) is 0 Å². The van der Waals surface area contributed by atoms with Crippen LogP contribution in [0.3, 0.4) is 0 Å². The molecule has 5 heteroatoms. The van der Waals surface area contributed by atoms with E-state index in [2.05, 4.69) is 77.7 Å². The topological polar surface area (TPSA) is 36.7 Å². The van der Waals surface area contributed by atoms with Gasteiger partial charge in [-0.1, -0.05) is 32.2 Å². The van der Waals surface area contributed by atoms with Gasteiger partial charge in [-0.2, -0.15) is 0 Å². The third-order valence-corrected chi connectivity index (χ3v) is 7.50. The maximum Gasteiger partial charge on any atom is 0.127 e. The Morgan fingerprint density at radius 2 is 1.94 bits per heavy atom. The predicted octanol–water partition coefficient (Wildman–Crippen LogP) is 5.45. The summed E-state index contributed by atoms with van der Waals surface area (Å²) in [6.45, 7) is 17.0. The highest BCUT2D eigenvalue weighted by atomic mass is 15.2. The summed E-state index contributed by atoms with van der Waals surface area (Å²) in [4.78, 5) is 14.9. The Morgan fingerprint density at radius 1 is 1.19 bits per heavy atom. The first-order valence-electron chi connectivity index (χ1n) is 12.3. The maximum atomic E-state index is 5.20. The Labute approximate surface area is 193 Å². The van der Waals surface area contributed by atoms with Crippen molar-refractivity contribution in [2.24, 2.45) is 10.9 Å². The summed E-state index contributed by atoms with van der Waals surface area (Å²) in [6, 6.07) is 9.19. The van der Waals surface area contributed by atoms with Crippen molar-refractivity contribution in [3.63, 3.8) is 0 Å². The minimum atomic E-state index is 0.255. The molecule has 2 fully saturated rings. The van der Waals surface area contributed by atoms with Crippen LogP contribution in [0.1, 0.15) is 57.8 Å². The van der Waals surface area contributed by atoms with Crippen LogP contribution in [0.25, 0.3) is 11.0 Å². The van der Waals surface area contributed by atoms with E-state index in [0.29, 0.717) is 5.92 Å². The molecule has 0 aliphatic carbocycles. The smallest absolute Gasteiger partial charge is 0.127 e. The van der Waals surface area contributed by atoms with Gasteiger partial charge in [0.05, 0.1) is 28.8 Å². The average Bonchev–Trinajstić information content (AvgIpc) is 3.16. The highest BCUT2D eigenvalue weighted by Crippen LogP contribution is 2.36. The van der Waals surface area contributed by atoms with Crippen LogP contribution < -0.4 is 0 Å². The van der Waals surface area contributed by atoms with Gasteiger partial charge in [0.15, 0.2) is 0 Å². The van der Waals surface area contributed by atoms with Gasteiger partial charge in [0.25, 0.3) is 0 Å². The monoisotopic (exact) mass is 433 g/mol. The summed E-state index contributed by atoms with van der Waals surface area (Å²) < 4.78 is 2.54. The van der Waals surface area contributed by atoms with Crippen molar-refractivity contribution in [3.05, 3.63) is 55.0 Å². The molecule has 4 rings (SSSR count). The van der Waals surface area contributed by atoms with E-state index in [4.69, 9.17) is 4.98 Å². The van der Waals surface area contributed by atoms with E-state index >= 15 is 0 Å². The number of piperidine rings is 2. The molecule has 2 aliphatic rings. The number of imidazole rings is 1. The van der Waals surface area contributed by atoms with Gasteiger partial charge in [0, 0.05) is 12.7 Å². The lowest BCUT2D eigenvalue weighted by Gasteiger charge is -2.40. The Morgan fingerprint density at radius 3 is 2.62 bits per heavy atom. The SMILES string of the molecule is C=CN=C(C(=C)C)C1CCCC(c2nc3ccccc3n2CC2CCN(CC)CC2)N1C. The number of rotatable bonds is 7. The molecule has 2 aliphatic heterocycles. The molecule has 0 amide bonds. The van der Waals surface area contributed by atoms with E-state index in [0.717, 1.165) is 42.7 Å². The molecule has 0 saturated carbocycles. The normalized spacial score (nSPS) is 24.2. The van der Waals surface area contributed by atoms with Gasteiger partial charge in [0.2, 0.25) is 0 Å². The van der Waals surface area contributed by atoms with Crippen molar-refractivity contribution >= 4 is 16.7 Å². The van der Waals surface area contributed by atoms with Crippen molar-refractivity contribution in [2.45, 2.75) is 64.6 Å². The third kappa shape index (κ3) is 4.60. The van der Waals surface area contributed by atoms with Crippen LogP contribution in [-0.2, 0) is 6.54 Å². The molecule has 2 unspecified atom stereocenters. The standard InChI is InChI=1S/C27H39N5/c1-6-28-26(20(3)4)24-13-10-14-25(30(24)5)27-29-22-11-8-9-12-23(22)32(27)19-21-15-17-31(7-2)18-16-21/h6,8-9,11-12,21,24-25H,1,3,7,10,13-19H2,2,4-5H3. The van der Waals surface area contributed by atoms with Crippen molar-refractivity contribution < 1.29 is 0 Å². The van der Waals surface area contributed by atoms with Gasteiger partial charge in [0.1, 0.15) is 5.82 Å². The van der Waals surface area contributed by atoms with Crippen LogP contribution >= 0.6 is 0 Å². The summed E-state index contributed by atoms with van der Waals surface area (Å²) in [5, 5.41) is 0. The van der Waals surface area contributed by atoms with Gasteiger partial charge in [-0.15, -0.1) is 0 Å². The molecule has 0 spiro atoms. The number of hydrogen-bond acceptors (Lipinski definition) is 4.